The number of benzene rings is 1. The maximum Gasteiger partial charge on any atom is 0.336 e. The van der Waals surface area contributed by atoms with Crippen LogP contribution in [0.15, 0.2) is 23.3 Å². The van der Waals surface area contributed by atoms with Crippen LogP contribution < -0.4 is 0 Å². The van der Waals surface area contributed by atoms with Crippen molar-refractivity contribution in [3.8, 4) is 0 Å². The number of aliphatic hydroxyl groups is 2. The summed E-state index contributed by atoms with van der Waals surface area (Å²) in [6.07, 6.45) is -2.76. The number of azide groups is 1. The molecule has 0 spiro atoms. The number of carbonyl (C=O) groups is 1. The number of nitrogens with zero attached hydrogens (tertiary/aromatic N) is 3. The quantitative estimate of drug-likeness (QED) is 0.415. The van der Waals surface area contributed by atoms with E-state index in [1.165, 1.54) is 6.07 Å². The Morgan fingerprint density at radius 2 is 2.17 bits per heavy atom. The number of rotatable bonds is 5. The van der Waals surface area contributed by atoms with Crippen molar-refractivity contribution in [1.29, 1.82) is 0 Å². The van der Waals surface area contributed by atoms with E-state index in [-0.39, 0.29) is 17.7 Å². The molecule has 0 aliphatic carbocycles. The Morgan fingerprint density at radius 1 is 1.50 bits per heavy atom. The van der Waals surface area contributed by atoms with E-state index < -0.39 is 18.2 Å². The highest BCUT2D eigenvalue weighted by Gasteiger charge is 2.24. The van der Waals surface area contributed by atoms with Crippen molar-refractivity contribution in [1.82, 2.24) is 0 Å². The fourth-order valence-electron chi connectivity index (χ4n) is 1.66. The van der Waals surface area contributed by atoms with Crippen molar-refractivity contribution in [3.63, 3.8) is 0 Å². The molecule has 1 rings (SSSR count). The van der Waals surface area contributed by atoms with Gasteiger partial charge in [0.25, 0.3) is 0 Å². The minimum atomic E-state index is -1.42. The lowest BCUT2D eigenvalue weighted by Gasteiger charge is -2.19. The van der Waals surface area contributed by atoms with Gasteiger partial charge in [-0.15, -0.1) is 0 Å². The molecule has 0 amide bonds. The van der Waals surface area contributed by atoms with Crippen molar-refractivity contribution in [2.75, 3.05) is 6.54 Å². The fraction of sp³-hybridized carbons (Fsp3) is 0.364. The van der Waals surface area contributed by atoms with Crippen LogP contribution in [-0.2, 0) is 0 Å². The molecule has 7 nitrogen and oxygen atoms in total. The first-order valence-electron chi connectivity index (χ1n) is 5.18. The van der Waals surface area contributed by atoms with E-state index >= 15 is 0 Å². The SMILES string of the molecule is Cc1cccc(C(O)C(O)CN=[N+]=[N-])c1C(=O)O. The third-order valence-corrected chi connectivity index (χ3v) is 2.53. The van der Waals surface area contributed by atoms with Gasteiger partial charge in [-0.3, -0.25) is 0 Å². The maximum absolute atomic E-state index is 11.1. The van der Waals surface area contributed by atoms with Crippen LogP contribution in [0.1, 0.15) is 27.6 Å². The van der Waals surface area contributed by atoms with Crippen LogP contribution in [0, 0.1) is 6.92 Å². The summed E-state index contributed by atoms with van der Waals surface area (Å²) in [7, 11) is 0. The molecular formula is C11H13N3O4. The van der Waals surface area contributed by atoms with E-state index in [0.717, 1.165) is 0 Å². The smallest absolute Gasteiger partial charge is 0.336 e. The van der Waals surface area contributed by atoms with Gasteiger partial charge < -0.3 is 15.3 Å². The first-order chi connectivity index (χ1) is 8.49. The molecule has 3 N–H and O–H groups in total. The third kappa shape index (κ3) is 2.98. The topological polar surface area (TPSA) is 127 Å². The number of aromatic carboxylic acids is 1. The zero-order chi connectivity index (χ0) is 13.7. The highest BCUT2D eigenvalue weighted by molar-refractivity contribution is 5.91. The molecule has 2 atom stereocenters. The lowest BCUT2D eigenvalue weighted by molar-refractivity contribution is 0.0232. The molecule has 0 aliphatic rings. The molecule has 7 heteroatoms. The molecule has 0 radical (unpaired) electrons. The highest BCUT2D eigenvalue weighted by Crippen LogP contribution is 2.24. The predicted octanol–water partition coefficient (Wildman–Crippen LogP) is 1.40. The Bertz CT molecular complexity index is 497. The monoisotopic (exact) mass is 251 g/mol. The second-order valence-electron chi connectivity index (χ2n) is 3.77. The van der Waals surface area contributed by atoms with Gasteiger partial charge in [-0.2, -0.15) is 0 Å². The maximum atomic E-state index is 11.1. The van der Waals surface area contributed by atoms with E-state index in [1.54, 1.807) is 19.1 Å². The summed E-state index contributed by atoms with van der Waals surface area (Å²) in [6.45, 7) is 1.27. The molecule has 0 aromatic heterocycles. The van der Waals surface area contributed by atoms with E-state index in [4.69, 9.17) is 10.6 Å². The molecule has 0 saturated heterocycles. The Balaban J connectivity index is 3.12. The molecule has 0 aliphatic heterocycles. The van der Waals surface area contributed by atoms with E-state index in [9.17, 15) is 15.0 Å². The molecule has 0 heterocycles. The molecule has 0 bridgehead atoms. The zero-order valence-electron chi connectivity index (χ0n) is 9.69. The number of carboxylic acids is 1. The Morgan fingerprint density at radius 3 is 2.72 bits per heavy atom. The summed E-state index contributed by atoms with van der Waals surface area (Å²) in [5.41, 5.74) is 8.66. The van der Waals surface area contributed by atoms with Gasteiger partial charge in [0, 0.05) is 4.91 Å². The lowest BCUT2D eigenvalue weighted by atomic mass is 9.95. The Kier molecular flexibility index (Phi) is 4.67. The lowest BCUT2D eigenvalue weighted by Crippen LogP contribution is -2.23. The van der Waals surface area contributed by atoms with Gasteiger partial charge in [-0.25, -0.2) is 4.79 Å². The van der Waals surface area contributed by atoms with Gasteiger partial charge >= 0.3 is 5.97 Å². The van der Waals surface area contributed by atoms with Gasteiger partial charge in [-0.1, -0.05) is 23.3 Å². The minimum Gasteiger partial charge on any atom is -0.478 e. The fourth-order valence-corrected chi connectivity index (χ4v) is 1.66. The number of aryl methyl sites for hydroxylation is 1. The summed E-state index contributed by atoms with van der Waals surface area (Å²) in [5.74, 6) is -1.18. The summed E-state index contributed by atoms with van der Waals surface area (Å²) in [6, 6.07) is 4.60. The van der Waals surface area contributed by atoms with Crippen LogP contribution in [0.25, 0.3) is 10.4 Å². The number of carboxylic acid groups (broad SMARTS) is 1. The Labute approximate surface area is 103 Å². The van der Waals surface area contributed by atoms with Crippen LogP contribution in [0.5, 0.6) is 0 Å². The molecule has 0 saturated carbocycles. The normalized spacial score (nSPS) is 13.5. The van der Waals surface area contributed by atoms with E-state index in [2.05, 4.69) is 10.0 Å². The van der Waals surface area contributed by atoms with Gasteiger partial charge in [0.1, 0.15) is 6.10 Å². The minimum absolute atomic E-state index is 0.0509. The van der Waals surface area contributed by atoms with E-state index in [0.29, 0.717) is 5.56 Å². The molecule has 1 aromatic carbocycles. The summed E-state index contributed by atoms with van der Waals surface area (Å²) in [5, 5.41) is 31.7. The van der Waals surface area contributed by atoms with Gasteiger partial charge in [0.05, 0.1) is 18.2 Å². The number of hydrogen-bond acceptors (Lipinski definition) is 4. The molecule has 1 aromatic rings. The average Bonchev–Trinajstić information content (AvgIpc) is 2.34. The van der Waals surface area contributed by atoms with Crippen molar-refractivity contribution < 1.29 is 20.1 Å². The first kappa shape index (κ1) is 14.0. The van der Waals surface area contributed by atoms with Gasteiger partial charge in [-0.05, 0) is 23.6 Å². The van der Waals surface area contributed by atoms with Crippen molar-refractivity contribution >= 4 is 5.97 Å². The van der Waals surface area contributed by atoms with Crippen molar-refractivity contribution in [2.45, 2.75) is 19.1 Å². The van der Waals surface area contributed by atoms with Crippen molar-refractivity contribution in [2.24, 2.45) is 5.11 Å². The highest BCUT2D eigenvalue weighted by atomic mass is 16.4. The molecule has 18 heavy (non-hydrogen) atoms. The third-order valence-electron chi connectivity index (χ3n) is 2.53. The Hall–Kier alpha value is -2.08. The van der Waals surface area contributed by atoms with Crippen LogP contribution in [-0.4, -0.2) is 33.9 Å². The number of hydrogen-bond donors (Lipinski definition) is 3. The van der Waals surface area contributed by atoms with E-state index in [1.807, 2.05) is 0 Å². The first-order valence-corrected chi connectivity index (χ1v) is 5.18. The largest absolute Gasteiger partial charge is 0.478 e. The molecule has 0 fully saturated rings. The van der Waals surface area contributed by atoms with Gasteiger partial charge in [0.15, 0.2) is 0 Å². The van der Waals surface area contributed by atoms with Crippen LogP contribution >= 0.6 is 0 Å². The van der Waals surface area contributed by atoms with Gasteiger partial charge in [0.2, 0.25) is 0 Å². The zero-order valence-corrected chi connectivity index (χ0v) is 9.69. The molecule has 96 valence electrons. The van der Waals surface area contributed by atoms with Crippen molar-refractivity contribution in [3.05, 3.63) is 45.3 Å². The second-order valence-corrected chi connectivity index (χ2v) is 3.77. The van der Waals surface area contributed by atoms with Crippen LogP contribution in [0.3, 0.4) is 0 Å². The average molecular weight is 251 g/mol. The second kappa shape index (κ2) is 6.02. The van der Waals surface area contributed by atoms with Crippen LogP contribution in [0.4, 0.5) is 0 Å². The number of aliphatic hydroxyl groups excluding tert-OH is 2. The summed E-state index contributed by atoms with van der Waals surface area (Å²) < 4.78 is 0. The van der Waals surface area contributed by atoms with Crippen LogP contribution in [0.2, 0.25) is 0 Å². The molecular weight excluding hydrogens is 238 g/mol. The summed E-state index contributed by atoms with van der Waals surface area (Å²) >= 11 is 0. The standard InChI is InChI=1S/C11H13N3O4/c1-6-3-2-4-7(9(6)11(17)18)10(16)8(15)5-13-14-12/h2-4,8,10,15-16H,5H2,1H3,(H,17,18). The summed E-state index contributed by atoms with van der Waals surface area (Å²) in [4.78, 5) is 13.6. The predicted molar refractivity (Wildman–Crippen MR) is 63.1 cm³/mol. The molecule has 2 unspecified atom stereocenters.